The Morgan fingerprint density at radius 3 is 2.91 bits per heavy atom. The molecule has 0 aliphatic rings. The minimum absolute atomic E-state index is 0.0909. The number of nitrogens with zero attached hydrogens (tertiary/aromatic N) is 4. The first-order valence-corrected chi connectivity index (χ1v) is 7.12. The number of nitrogens with one attached hydrogen (secondary N) is 3. The van der Waals surface area contributed by atoms with Gasteiger partial charge in [0, 0.05) is 30.9 Å². The summed E-state index contributed by atoms with van der Waals surface area (Å²) in [7, 11) is 0. The molecule has 3 heterocycles. The molecule has 0 aromatic carbocycles. The summed E-state index contributed by atoms with van der Waals surface area (Å²) in [6.07, 6.45) is 3.85. The van der Waals surface area contributed by atoms with Crippen LogP contribution in [0.3, 0.4) is 0 Å². The summed E-state index contributed by atoms with van der Waals surface area (Å²) in [5.74, 6) is 0.919. The monoisotopic (exact) mass is 332 g/mol. The first-order chi connectivity index (χ1) is 11.1. The number of amides is 1. The van der Waals surface area contributed by atoms with Gasteiger partial charge in [0.25, 0.3) is 5.91 Å². The number of carbonyl (C=O) groups is 1. The Labute approximate surface area is 135 Å². The molecule has 23 heavy (non-hydrogen) atoms. The molecule has 5 N–H and O–H groups in total. The Kier molecular flexibility index (Phi) is 4.20. The van der Waals surface area contributed by atoms with Gasteiger partial charge < -0.3 is 11.1 Å². The number of anilines is 1. The molecule has 1 amide bonds. The van der Waals surface area contributed by atoms with Gasteiger partial charge in [-0.1, -0.05) is 11.6 Å². The first kappa shape index (κ1) is 15.0. The van der Waals surface area contributed by atoms with Crippen LogP contribution < -0.4 is 11.1 Å². The van der Waals surface area contributed by atoms with Crippen LogP contribution in [0.25, 0.3) is 11.4 Å². The van der Waals surface area contributed by atoms with E-state index in [0.717, 1.165) is 5.56 Å². The Hall–Kier alpha value is -2.94. The van der Waals surface area contributed by atoms with Crippen molar-refractivity contribution in [1.29, 1.82) is 0 Å². The molecule has 0 spiro atoms. The molecule has 0 unspecified atom stereocenters. The highest BCUT2D eigenvalue weighted by Crippen LogP contribution is 2.19. The van der Waals surface area contributed by atoms with E-state index >= 15 is 0 Å². The van der Waals surface area contributed by atoms with E-state index in [2.05, 4.69) is 35.7 Å². The predicted octanol–water partition coefficient (Wildman–Crippen LogP) is 0.798. The largest absolute Gasteiger partial charge is 0.381 e. The van der Waals surface area contributed by atoms with Gasteiger partial charge in [0.05, 0.1) is 0 Å². The van der Waals surface area contributed by atoms with Gasteiger partial charge in [-0.25, -0.2) is 4.98 Å². The lowest BCUT2D eigenvalue weighted by atomic mass is 10.3. The summed E-state index contributed by atoms with van der Waals surface area (Å²) in [6.45, 7) is 0.357. The van der Waals surface area contributed by atoms with Crippen molar-refractivity contribution < 1.29 is 4.79 Å². The molecule has 0 atom stereocenters. The average molecular weight is 333 g/mol. The maximum absolute atomic E-state index is 11.9. The van der Waals surface area contributed by atoms with Crippen LogP contribution in [-0.2, 0) is 6.42 Å². The summed E-state index contributed by atoms with van der Waals surface area (Å²) in [5.41, 5.74) is 6.43. The fraction of sp³-hybridized carbons (Fsp3) is 0.154. The van der Waals surface area contributed by atoms with Crippen LogP contribution in [0.15, 0.2) is 24.5 Å². The highest BCUT2D eigenvalue weighted by atomic mass is 35.5. The molecule has 0 aliphatic carbocycles. The number of nitrogen functional groups attached to an aromatic ring is 1. The normalized spacial score (nSPS) is 10.7. The van der Waals surface area contributed by atoms with Gasteiger partial charge in [0.15, 0.2) is 11.6 Å². The molecule has 0 fully saturated rings. The van der Waals surface area contributed by atoms with Crippen LogP contribution in [0.2, 0.25) is 5.02 Å². The summed E-state index contributed by atoms with van der Waals surface area (Å²) in [5, 5.41) is 15.9. The van der Waals surface area contributed by atoms with Gasteiger partial charge >= 0.3 is 0 Å². The topological polar surface area (TPSA) is 138 Å². The van der Waals surface area contributed by atoms with Crippen LogP contribution >= 0.6 is 11.6 Å². The summed E-state index contributed by atoms with van der Waals surface area (Å²) in [4.78, 5) is 20.3. The second-order valence-corrected chi connectivity index (χ2v) is 5.03. The number of aromatic nitrogens is 6. The lowest BCUT2D eigenvalue weighted by Gasteiger charge is -2.01. The smallest absolute Gasteiger partial charge is 0.270 e. The maximum atomic E-state index is 11.9. The minimum Gasteiger partial charge on any atom is -0.381 e. The van der Waals surface area contributed by atoms with E-state index in [1.807, 2.05) is 12.1 Å². The molecular formula is C13H13ClN8O. The molecule has 0 saturated heterocycles. The number of nitrogens with two attached hydrogens (primary N) is 1. The first-order valence-electron chi connectivity index (χ1n) is 6.74. The molecule has 3 aromatic heterocycles. The van der Waals surface area contributed by atoms with Crippen molar-refractivity contribution in [2.45, 2.75) is 6.42 Å². The SMILES string of the molecule is Nc1n[nH]c(C(=O)NCCc2nc(-c3cccnc3)n[nH]2)c1Cl. The van der Waals surface area contributed by atoms with Gasteiger partial charge in [-0.2, -0.15) is 10.2 Å². The Balaban J connectivity index is 1.56. The molecular weight excluding hydrogens is 320 g/mol. The molecule has 0 bridgehead atoms. The van der Waals surface area contributed by atoms with Crippen LogP contribution in [0.1, 0.15) is 16.3 Å². The fourth-order valence-electron chi connectivity index (χ4n) is 1.91. The Morgan fingerprint density at radius 1 is 1.35 bits per heavy atom. The number of carbonyl (C=O) groups excluding carboxylic acids is 1. The van der Waals surface area contributed by atoms with E-state index in [9.17, 15) is 4.79 Å². The number of H-pyrrole nitrogens is 2. The van der Waals surface area contributed by atoms with Gasteiger partial charge in [-0.3, -0.25) is 20.0 Å². The third-order valence-corrected chi connectivity index (χ3v) is 3.44. The van der Waals surface area contributed by atoms with Crippen molar-refractivity contribution >= 4 is 23.3 Å². The standard InChI is InChI=1S/C13H13ClN8O/c14-9-10(20-21-11(9)15)13(23)17-5-3-8-18-12(22-19-8)7-2-1-4-16-6-7/h1-2,4,6H,3,5H2,(H,17,23)(H3,15,20,21)(H,18,19,22). The van der Waals surface area contributed by atoms with E-state index in [4.69, 9.17) is 17.3 Å². The molecule has 3 rings (SSSR count). The van der Waals surface area contributed by atoms with Crippen molar-refractivity contribution in [2.24, 2.45) is 0 Å². The molecule has 0 aliphatic heterocycles. The summed E-state index contributed by atoms with van der Waals surface area (Å²) < 4.78 is 0. The zero-order valence-corrected chi connectivity index (χ0v) is 12.6. The highest BCUT2D eigenvalue weighted by Gasteiger charge is 2.15. The number of rotatable bonds is 5. The molecule has 9 nitrogen and oxygen atoms in total. The number of hydrogen-bond acceptors (Lipinski definition) is 6. The van der Waals surface area contributed by atoms with E-state index in [-0.39, 0.29) is 22.4 Å². The number of halogens is 1. The minimum atomic E-state index is -0.383. The third kappa shape index (κ3) is 3.29. The second-order valence-electron chi connectivity index (χ2n) is 4.65. The zero-order chi connectivity index (χ0) is 16.2. The molecule has 3 aromatic rings. The number of hydrogen-bond donors (Lipinski definition) is 4. The van der Waals surface area contributed by atoms with Crippen LogP contribution in [-0.4, -0.2) is 42.8 Å². The van der Waals surface area contributed by atoms with E-state index in [1.54, 1.807) is 12.4 Å². The van der Waals surface area contributed by atoms with Gasteiger partial charge in [0.2, 0.25) is 0 Å². The highest BCUT2D eigenvalue weighted by molar-refractivity contribution is 6.35. The van der Waals surface area contributed by atoms with Crippen molar-refractivity contribution in [3.8, 4) is 11.4 Å². The second kappa shape index (κ2) is 6.44. The van der Waals surface area contributed by atoms with E-state index in [1.165, 1.54) is 0 Å². The molecule has 118 valence electrons. The van der Waals surface area contributed by atoms with Crippen molar-refractivity contribution in [3.63, 3.8) is 0 Å². The molecule has 10 heteroatoms. The predicted molar refractivity (Wildman–Crippen MR) is 83.7 cm³/mol. The maximum Gasteiger partial charge on any atom is 0.270 e. The van der Waals surface area contributed by atoms with Crippen molar-refractivity contribution in [2.75, 3.05) is 12.3 Å². The number of pyridine rings is 1. The van der Waals surface area contributed by atoms with Crippen LogP contribution in [0, 0.1) is 0 Å². The Morgan fingerprint density at radius 2 is 2.22 bits per heavy atom. The lowest BCUT2D eigenvalue weighted by molar-refractivity contribution is 0.0949. The van der Waals surface area contributed by atoms with E-state index in [0.29, 0.717) is 24.6 Å². The van der Waals surface area contributed by atoms with E-state index < -0.39 is 0 Å². The lowest BCUT2D eigenvalue weighted by Crippen LogP contribution is -2.26. The average Bonchev–Trinajstić information content (AvgIpc) is 3.16. The molecule has 0 radical (unpaired) electrons. The third-order valence-electron chi connectivity index (χ3n) is 3.06. The van der Waals surface area contributed by atoms with Crippen molar-refractivity contribution in [3.05, 3.63) is 41.1 Å². The van der Waals surface area contributed by atoms with Crippen molar-refractivity contribution in [1.82, 2.24) is 35.7 Å². The van der Waals surface area contributed by atoms with Gasteiger partial charge in [-0.05, 0) is 12.1 Å². The van der Waals surface area contributed by atoms with Gasteiger partial charge in [0.1, 0.15) is 16.5 Å². The van der Waals surface area contributed by atoms with Crippen LogP contribution in [0.4, 0.5) is 5.82 Å². The van der Waals surface area contributed by atoms with Crippen LogP contribution in [0.5, 0.6) is 0 Å². The summed E-state index contributed by atoms with van der Waals surface area (Å²) in [6, 6.07) is 3.68. The van der Waals surface area contributed by atoms with Gasteiger partial charge in [-0.15, -0.1) is 0 Å². The Bertz CT molecular complexity index is 813. The summed E-state index contributed by atoms with van der Waals surface area (Å²) >= 11 is 5.86. The quantitative estimate of drug-likeness (QED) is 0.545. The number of aromatic amines is 2. The fourth-order valence-corrected chi connectivity index (χ4v) is 2.08. The molecule has 0 saturated carbocycles. The zero-order valence-electron chi connectivity index (χ0n) is 11.9.